The van der Waals surface area contributed by atoms with Crippen LogP contribution in [0.25, 0.3) is 89.2 Å². The standard InChI is InChI=1S/C54H36N2O/c1-54(41-20-9-4-10-21-41)46-25-13-11-22-43(46)44-29-28-37(33-47(44)54)48-34-49(56-53(55-48)36-18-7-3-8-19-36)40-31-38(35-16-5-2-6-17-35)30-39(32-40)42-24-15-27-51-52(42)45-23-12-14-26-50(45)57-51/h2-34H,1H3. The van der Waals surface area contributed by atoms with Crippen LogP contribution in [0.15, 0.2) is 205 Å². The number of fused-ring (bicyclic) bond motifs is 6. The molecule has 0 N–H and O–H groups in total. The predicted octanol–water partition coefficient (Wildman–Crippen LogP) is 14.0. The van der Waals surface area contributed by atoms with Gasteiger partial charge < -0.3 is 4.42 Å². The Morgan fingerprint density at radius 3 is 1.79 bits per heavy atom. The minimum atomic E-state index is -0.321. The van der Waals surface area contributed by atoms with E-state index < -0.39 is 0 Å². The van der Waals surface area contributed by atoms with Crippen molar-refractivity contribution in [2.75, 3.05) is 0 Å². The van der Waals surface area contributed by atoms with Crippen molar-refractivity contribution in [3.63, 3.8) is 0 Å². The van der Waals surface area contributed by atoms with E-state index in [-0.39, 0.29) is 5.41 Å². The first kappa shape index (κ1) is 33.0. The van der Waals surface area contributed by atoms with Gasteiger partial charge in [-0.05, 0) is 99.5 Å². The first-order valence-electron chi connectivity index (χ1n) is 19.5. The molecule has 3 nitrogen and oxygen atoms in total. The van der Waals surface area contributed by atoms with Crippen LogP contribution >= 0.6 is 0 Å². The molecule has 3 heteroatoms. The van der Waals surface area contributed by atoms with E-state index in [1.165, 1.54) is 27.8 Å². The zero-order chi connectivity index (χ0) is 37.9. The van der Waals surface area contributed by atoms with Gasteiger partial charge in [0.05, 0.1) is 11.4 Å². The number of benzene rings is 8. The molecule has 0 fully saturated rings. The molecule has 2 heterocycles. The monoisotopic (exact) mass is 728 g/mol. The van der Waals surface area contributed by atoms with Crippen LogP contribution < -0.4 is 0 Å². The average Bonchev–Trinajstić information content (AvgIpc) is 3.80. The van der Waals surface area contributed by atoms with E-state index >= 15 is 0 Å². The number of rotatable bonds is 6. The van der Waals surface area contributed by atoms with Crippen molar-refractivity contribution in [3.8, 4) is 67.3 Å². The lowest BCUT2D eigenvalue weighted by Crippen LogP contribution is -2.22. The number of para-hydroxylation sites is 1. The van der Waals surface area contributed by atoms with Crippen molar-refractivity contribution >= 4 is 21.9 Å². The number of furan rings is 1. The number of nitrogens with zero attached hydrogens (tertiary/aromatic N) is 2. The molecule has 0 spiro atoms. The van der Waals surface area contributed by atoms with E-state index in [4.69, 9.17) is 14.4 Å². The van der Waals surface area contributed by atoms with E-state index in [2.05, 4.69) is 177 Å². The molecule has 1 aliphatic rings. The van der Waals surface area contributed by atoms with Gasteiger partial charge in [-0.2, -0.15) is 0 Å². The third-order valence-corrected chi connectivity index (χ3v) is 11.8. The fourth-order valence-corrected chi connectivity index (χ4v) is 8.94. The minimum absolute atomic E-state index is 0.321. The number of hydrogen-bond acceptors (Lipinski definition) is 3. The Balaban J connectivity index is 1.14. The maximum Gasteiger partial charge on any atom is 0.160 e. The molecule has 0 aliphatic heterocycles. The van der Waals surface area contributed by atoms with Gasteiger partial charge in [0.1, 0.15) is 11.2 Å². The molecule has 0 bridgehead atoms. The first-order chi connectivity index (χ1) is 28.1. The Bertz CT molecular complexity index is 3130. The molecule has 1 atom stereocenters. The Morgan fingerprint density at radius 2 is 0.982 bits per heavy atom. The van der Waals surface area contributed by atoms with Crippen LogP contribution in [0.4, 0.5) is 0 Å². The van der Waals surface area contributed by atoms with Crippen molar-refractivity contribution in [2.45, 2.75) is 12.3 Å². The third-order valence-electron chi connectivity index (χ3n) is 11.8. The SMILES string of the molecule is CC1(c2ccccc2)c2ccccc2-c2ccc(-c3cc(-c4cc(-c5ccccc5)cc(-c5cccc6oc7ccccc7c56)c4)nc(-c4ccccc4)n3)cc21. The lowest BCUT2D eigenvalue weighted by atomic mass is 9.74. The van der Waals surface area contributed by atoms with Gasteiger partial charge in [-0.25, -0.2) is 9.97 Å². The predicted molar refractivity (Wildman–Crippen MR) is 234 cm³/mol. The van der Waals surface area contributed by atoms with Gasteiger partial charge in [0, 0.05) is 32.9 Å². The quantitative estimate of drug-likeness (QED) is 0.171. The maximum atomic E-state index is 6.35. The van der Waals surface area contributed by atoms with Crippen LogP contribution in [0.5, 0.6) is 0 Å². The molecule has 0 radical (unpaired) electrons. The third kappa shape index (κ3) is 5.43. The Labute approximate surface area is 331 Å². The lowest BCUT2D eigenvalue weighted by Gasteiger charge is -2.28. The Morgan fingerprint density at radius 1 is 0.386 bits per heavy atom. The molecule has 11 rings (SSSR count). The number of aromatic nitrogens is 2. The van der Waals surface area contributed by atoms with Crippen molar-refractivity contribution in [2.24, 2.45) is 0 Å². The smallest absolute Gasteiger partial charge is 0.160 e. The Kier molecular flexibility index (Phi) is 7.61. The summed E-state index contributed by atoms with van der Waals surface area (Å²) in [6, 6.07) is 71.1. The maximum absolute atomic E-state index is 6.35. The highest BCUT2D eigenvalue weighted by molar-refractivity contribution is 6.12. The number of hydrogen-bond donors (Lipinski definition) is 0. The van der Waals surface area contributed by atoms with E-state index in [1.54, 1.807) is 0 Å². The van der Waals surface area contributed by atoms with Crippen LogP contribution in [-0.4, -0.2) is 9.97 Å². The van der Waals surface area contributed by atoms with Crippen LogP contribution in [0, 0.1) is 0 Å². The van der Waals surface area contributed by atoms with E-state index in [0.29, 0.717) is 5.82 Å². The van der Waals surface area contributed by atoms with Gasteiger partial charge in [0.2, 0.25) is 0 Å². The molecule has 0 saturated heterocycles. The van der Waals surface area contributed by atoms with Gasteiger partial charge >= 0.3 is 0 Å². The van der Waals surface area contributed by atoms with E-state index in [0.717, 1.165) is 72.3 Å². The summed E-state index contributed by atoms with van der Waals surface area (Å²) in [6.45, 7) is 2.36. The van der Waals surface area contributed by atoms with Crippen molar-refractivity contribution in [1.82, 2.24) is 9.97 Å². The molecule has 57 heavy (non-hydrogen) atoms. The molecule has 1 unspecified atom stereocenters. The molecule has 2 aromatic heterocycles. The zero-order valence-electron chi connectivity index (χ0n) is 31.4. The summed E-state index contributed by atoms with van der Waals surface area (Å²) in [5, 5.41) is 2.21. The topological polar surface area (TPSA) is 38.9 Å². The summed E-state index contributed by atoms with van der Waals surface area (Å²) in [6.07, 6.45) is 0. The van der Waals surface area contributed by atoms with E-state index in [1.807, 2.05) is 30.3 Å². The van der Waals surface area contributed by atoms with Gasteiger partial charge in [-0.1, -0.05) is 158 Å². The molecule has 1 aliphatic carbocycles. The molecular formula is C54H36N2O. The van der Waals surface area contributed by atoms with Crippen LogP contribution in [-0.2, 0) is 5.41 Å². The summed E-state index contributed by atoms with van der Waals surface area (Å²) in [4.78, 5) is 10.6. The summed E-state index contributed by atoms with van der Waals surface area (Å²) < 4.78 is 6.35. The normalized spacial score (nSPS) is 14.5. The summed E-state index contributed by atoms with van der Waals surface area (Å²) in [5.74, 6) is 0.687. The van der Waals surface area contributed by atoms with Crippen LogP contribution in [0.3, 0.4) is 0 Å². The zero-order valence-corrected chi connectivity index (χ0v) is 31.4. The fraction of sp³-hybridized carbons (Fsp3) is 0.0370. The first-order valence-corrected chi connectivity index (χ1v) is 19.5. The summed E-state index contributed by atoms with van der Waals surface area (Å²) >= 11 is 0. The Hall–Kier alpha value is -7.36. The van der Waals surface area contributed by atoms with Crippen LogP contribution in [0.2, 0.25) is 0 Å². The second-order valence-electron chi connectivity index (χ2n) is 15.1. The van der Waals surface area contributed by atoms with Gasteiger partial charge in [-0.15, -0.1) is 0 Å². The van der Waals surface area contributed by atoms with Crippen molar-refractivity contribution in [3.05, 3.63) is 217 Å². The van der Waals surface area contributed by atoms with Gasteiger partial charge in [-0.3, -0.25) is 0 Å². The van der Waals surface area contributed by atoms with Gasteiger partial charge in [0.15, 0.2) is 5.82 Å². The molecule has 10 aromatic rings. The molecule has 268 valence electrons. The fourth-order valence-electron chi connectivity index (χ4n) is 8.94. The molecule has 8 aromatic carbocycles. The van der Waals surface area contributed by atoms with E-state index in [9.17, 15) is 0 Å². The second kappa shape index (κ2) is 13.1. The molecule has 0 amide bonds. The highest BCUT2D eigenvalue weighted by Gasteiger charge is 2.40. The van der Waals surface area contributed by atoms with Crippen molar-refractivity contribution in [1.29, 1.82) is 0 Å². The minimum Gasteiger partial charge on any atom is -0.456 e. The molecule has 0 saturated carbocycles. The molecular weight excluding hydrogens is 693 g/mol. The summed E-state index contributed by atoms with van der Waals surface area (Å²) in [5.41, 5.74) is 17.1. The average molecular weight is 729 g/mol. The lowest BCUT2D eigenvalue weighted by molar-refractivity contribution is 0.669. The second-order valence-corrected chi connectivity index (χ2v) is 15.1. The highest BCUT2D eigenvalue weighted by Crippen LogP contribution is 2.53. The highest BCUT2D eigenvalue weighted by atomic mass is 16.3. The summed E-state index contributed by atoms with van der Waals surface area (Å²) in [7, 11) is 0. The van der Waals surface area contributed by atoms with Crippen LogP contribution in [0.1, 0.15) is 23.6 Å². The largest absolute Gasteiger partial charge is 0.456 e. The van der Waals surface area contributed by atoms with Crippen molar-refractivity contribution < 1.29 is 4.42 Å². The van der Waals surface area contributed by atoms with Gasteiger partial charge in [0.25, 0.3) is 0 Å².